The molecule has 1 saturated heterocycles. The average Bonchev–Trinajstić information content (AvgIpc) is 2.64. The molecule has 5 heteroatoms. The Kier molecular flexibility index (Phi) is 4.47. The number of carbonyl (C=O) groups is 1. The van der Waals surface area contributed by atoms with E-state index in [0.29, 0.717) is 42.7 Å². The van der Waals surface area contributed by atoms with Crippen molar-refractivity contribution in [1.29, 1.82) is 5.26 Å². The monoisotopic (exact) mass is 335 g/mol. The zero-order valence-electron chi connectivity index (χ0n) is 14.2. The van der Waals surface area contributed by atoms with E-state index < -0.39 is 5.60 Å². The third-order valence-electron chi connectivity index (χ3n) is 4.96. The standard InChI is InChI=1S/C20H21N3O2/c1-14-2-5-16(12-18(14)22)19(24)23-10-8-20(25,9-11-23)17-6-3-15(13-21)4-7-17/h2-7,12,25H,8-11,22H2,1H3. The summed E-state index contributed by atoms with van der Waals surface area (Å²) in [6, 6.07) is 14.4. The van der Waals surface area contributed by atoms with Gasteiger partial charge in [-0.25, -0.2) is 0 Å². The molecular formula is C20H21N3O2. The summed E-state index contributed by atoms with van der Waals surface area (Å²) in [4.78, 5) is 14.4. The Labute approximate surface area is 147 Å². The van der Waals surface area contributed by atoms with Gasteiger partial charge in [-0.05, 0) is 55.2 Å². The minimum atomic E-state index is -0.961. The van der Waals surface area contributed by atoms with E-state index in [1.165, 1.54) is 0 Å². The molecule has 3 rings (SSSR count). The normalized spacial score (nSPS) is 16.3. The number of nitriles is 1. The second kappa shape index (κ2) is 6.58. The Bertz CT molecular complexity index is 829. The van der Waals surface area contributed by atoms with Crippen molar-refractivity contribution in [2.45, 2.75) is 25.4 Å². The zero-order chi connectivity index (χ0) is 18.0. The Morgan fingerprint density at radius 3 is 2.40 bits per heavy atom. The van der Waals surface area contributed by atoms with E-state index in [9.17, 15) is 9.90 Å². The summed E-state index contributed by atoms with van der Waals surface area (Å²) in [5.41, 5.74) is 8.43. The van der Waals surface area contributed by atoms with Gasteiger partial charge in [0.05, 0.1) is 17.2 Å². The summed E-state index contributed by atoms with van der Waals surface area (Å²) in [5.74, 6) is -0.0615. The first-order valence-corrected chi connectivity index (χ1v) is 8.31. The fraction of sp³-hybridized carbons (Fsp3) is 0.300. The van der Waals surface area contributed by atoms with Crippen molar-refractivity contribution in [3.8, 4) is 6.07 Å². The van der Waals surface area contributed by atoms with Crippen LogP contribution in [0.15, 0.2) is 42.5 Å². The number of hydrogen-bond donors (Lipinski definition) is 2. The van der Waals surface area contributed by atoms with E-state index in [-0.39, 0.29) is 5.91 Å². The lowest BCUT2D eigenvalue weighted by atomic mass is 9.84. The first-order chi connectivity index (χ1) is 11.9. The highest BCUT2D eigenvalue weighted by Gasteiger charge is 2.35. The summed E-state index contributed by atoms with van der Waals surface area (Å²) in [5, 5.41) is 19.8. The van der Waals surface area contributed by atoms with E-state index in [1.807, 2.05) is 13.0 Å². The molecule has 0 aromatic heterocycles. The molecule has 0 spiro atoms. The molecule has 0 radical (unpaired) electrons. The maximum atomic E-state index is 12.6. The van der Waals surface area contributed by atoms with Gasteiger partial charge in [0.1, 0.15) is 0 Å². The molecule has 2 aromatic carbocycles. The number of nitrogens with zero attached hydrogens (tertiary/aromatic N) is 2. The fourth-order valence-corrected chi connectivity index (χ4v) is 3.18. The van der Waals surface area contributed by atoms with Gasteiger partial charge in [-0.3, -0.25) is 4.79 Å². The molecule has 1 aliphatic rings. The number of aliphatic hydroxyl groups is 1. The van der Waals surface area contributed by atoms with Crippen molar-refractivity contribution in [1.82, 2.24) is 4.90 Å². The zero-order valence-corrected chi connectivity index (χ0v) is 14.2. The van der Waals surface area contributed by atoms with Crippen LogP contribution < -0.4 is 5.73 Å². The first-order valence-electron chi connectivity index (χ1n) is 8.31. The number of rotatable bonds is 2. The number of amides is 1. The summed E-state index contributed by atoms with van der Waals surface area (Å²) in [6.45, 7) is 2.86. The van der Waals surface area contributed by atoms with Crippen molar-refractivity contribution < 1.29 is 9.90 Å². The molecule has 0 unspecified atom stereocenters. The fourth-order valence-electron chi connectivity index (χ4n) is 3.18. The summed E-state index contributed by atoms with van der Waals surface area (Å²) in [6.07, 6.45) is 0.929. The van der Waals surface area contributed by atoms with Gasteiger partial charge in [0.25, 0.3) is 5.91 Å². The van der Waals surface area contributed by atoms with Crippen molar-refractivity contribution in [3.63, 3.8) is 0 Å². The quantitative estimate of drug-likeness (QED) is 0.825. The molecule has 1 heterocycles. The molecule has 5 nitrogen and oxygen atoms in total. The lowest BCUT2D eigenvalue weighted by molar-refractivity contribution is -0.0211. The SMILES string of the molecule is Cc1ccc(C(=O)N2CCC(O)(c3ccc(C#N)cc3)CC2)cc1N. The lowest BCUT2D eigenvalue weighted by Crippen LogP contribution is -2.45. The van der Waals surface area contributed by atoms with E-state index >= 15 is 0 Å². The van der Waals surface area contributed by atoms with Crippen LogP contribution in [0, 0.1) is 18.3 Å². The van der Waals surface area contributed by atoms with Gasteiger partial charge in [-0.1, -0.05) is 18.2 Å². The number of hydrogen-bond acceptors (Lipinski definition) is 4. The number of nitrogen functional groups attached to an aromatic ring is 1. The largest absolute Gasteiger partial charge is 0.398 e. The number of piperidine rings is 1. The molecule has 1 aliphatic heterocycles. The van der Waals surface area contributed by atoms with Crippen LogP contribution in [0.4, 0.5) is 5.69 Å². The second-order valence-corrected chi connectivity index (χ2v) is 6.58. The van der Waals surface area contributed by atoms with Gasteiger partial charge in [-0.2, -0.15) is 5.26 Å². The number of nitrogens with two attached hydrogens (primary N) is 1. The highest BCUT2D eigenvalue weighted by molar-refractivity contribution is 5.95. The van der Waals surface area contributed by atoms with Gasteiger partial charge in [0.15, 0.2) is 0 Å². The van der Waals surface area contributed by atoms with Crippen molar-refractivity contribution in [2.75, 3.05) is 18.8 Å². The smallest absolute Gasteiger partial charge is 0.253 e. The third-order valence-corrected chi connectivity index (χ3v) is 4.96. The highest BCUT2D eigenvalue weighted by atomic mass is 16.3. The topological polar surface area (TPSA) is 90.4 Å². The number of carbonyl (C=O) groups excluding carboxylic acids is 1. The third kappa shape index (κ3) is 3.35. The predicted octanol–water partition coefficient (Wildman–Crippen LogP) is 2.57. The van der Waals surface area contributed by atoms with Gasteiger partial charge in [0.2, 0.25) is 0 Å². The summed E-state index contributed by atoms with van der Waals surface area (Å²) >= 11 is 0. The van der Waals surface area contributed by atoms with Crippen LogP contribution in [-0.2, 0) is 5.60 Å². The van der Waals surface area contributed by atoms with Crippen LogP contribution in [0.3, 0.4) is 0 Å². The van der Waals surface area contributed by atoms with Crippen LogP contribution in [0.2, 0.25) is 0 Å². The molecule has 25 heavy (non-hydrogen) atoms. The van der Waals surface area contributed by atoms with E-state index in [1.54, 1.807) is 41.3 Å². The molecule has 0 atom stereocenters. The molecule has 0 bridgehead atoms. The number of likely N-dealkylation sites (tertiary alicyclic amines) is 1. The van der Waals surface area contributed by atoms with Crippen molar-refractivity contribution >= 4 is 11.6 Å². The Morgan fingerprint density at radius 2 is 1.84 bits per heavy atom. The van der Waals surface area contributed by atoms with E-state index in [0.717, 1.165) is 11.1 Å². The maximum absolute atomic E-state index is 12.6. The minimum absolute atomic E-state index is 0.0615. The van der Waals surface area contributed by atoms with E-state index in [2.05, 4.69) is 6.07 Å². The van der Waals surface area contributed by atoms with Crippen LogP contribution in [0.1, 0.15) is 39.9 Å². The van der Waals surface area contributed by atoms with Crippen LogP contribution in [-0.4, -0.2) is 29.0 Å². The molecule has 0 saturated carbocycles. The van der Waals surface area contributed by atoms with E-state index in [4.69, 9.17) is 11.0 Å². The first kappa shape index (κ1) is 17.0. The Morgan fingerprint density at radius 1 is 1.20 bits per heavy atom. The van der Waals surface area contributed by atoms with Gasteiger partial charge in [-0.15, -0.1) is 0 Å². The molecule has 1 amide bonds. The van der Waals surface area contributed by atoms with Gasteiger partial charge < -0.3 is 15.7 Å². The Balaban J connectivity index is 1.71. The molecule has 128 valence electrons. The molecule has 1 fully saturated rings. The van der Waals surface area contributed by atoms with Crippen molar-refractivity contribution in [2.24, 2.45) is 0 Å². The summed E-state index contributed by atoms with van der Waals surface area (Å²) in [7, 11) is 0. The maximum Gasteiger partial charge on any atom is 0.253 e. The second-order valence-electron chi connectivity index (χ2n) is 6.58. The lowest BCUT2D eigenvalue weighted by Gasteiger charge is -2.38. The molecule has 3 N–H and O–H groups in total. The molecule has 2 aromatic rings. The van der Waals surface area contributed by atoms with Gasteiger partial charge >= 0.3 is 0 Å². The number of anilines is 1. The van der Waals surface area contributed by atoms with Crippen LogP contribution in [0.25, 0.3) is 0 Å². The van der Waals surface area contributed by atoms with Crippen LogP contribution >= 0.6 is 0 Å². The highest BCUT2D eigenvalue weighted by Crippen LogP contribution is 2.33. The Hall–Kier alpha value is -2.84. The van der Waals surface area contributed by atoms with Gasteiger partial charge in [0, 0.05) is 24.3 Å². The molecular weight excluding hydrogens is 314 g/mol. The molecule has 0 aliphatic carbocycles. The summed E-state index contributed by atoms with van der Waals surface area (Å²) < 4.78 is 0. The number of aryl methyl sites for hydroxylation is 1. The van der Waals surface area contributed by atoms with Crippen molar-refractivity contribution in [3.05, 3.63) is 64.7 Å². The predicted molar refractivity (Wildman–Crippen MR) is 95.8 cm³/mol. The number of benzene rings is 2. The van der Waals surface area contributed by atoms with Crippen LogP contribution in [0.5, 0.6) is 0 Å². The minimum Gasteiger partial charge on any atom is -0.398 e. The average molecular weight is 335 g/mol.